The van der Waals surface area contributed by atoms with Crippen LogP contribution >= 0.6 is 0 Å². The van der Waals surface area contributed by atoms with Crippen LogP contribution in [-0.4, -0.2) is 44.0 Å². The Labute approximate surface area is 126 Å². The van der Waals surface area contributed by atoms with Gasteiger partial charge in [-0.1, -0.05) is 12.1 Å². The van der Waals surface area contributed by atoms with Gasteiger partial charge in [0.2, 0.25) is 6.29 Å². The molecule has 0 heterocycles. The molecule has 0 aromatic heterocycles. The van der Waals surface area contributed by atoms with Gasteiger partial charge in [-0.15, -0.1) is 0 Å². The van der Waals surface area contributed by atoms with Crippen LogP contribution in [0.15, 0.2) is 24.3 Å². The number of likely N-dealkylation sites (N-methyl/N-ethyl adjacent to an activating group) is 1. The highest BCUT2D eigenvalue weighted by Crippen LogP contribution is 2.15. The van der Waals surface area contributed by atoms with E-state index in [1.165, 1.54) is 0 Å². The molecule has 0 atom stereocenters. The molecule has 21 heavy (non-hydrogen) atoms. The lowest BCUT2D eigenvalue weighted by atomic mass is 10.2. The first-order chi connectivity index (χ1) is 10.2. The van der Waals surface area contributed by atoms with E-state index in [1.54, 1.807) is 12.0 Å². The van der Waals surface area contributed by atoms with E-state index in [0.717, 1.165) is 11.3 Å². The third-order valence-corrected chi connectivity index (χ3v) is 3.04. The predicted octanol–water partition coefficient (Wildman–Crippen LogP) is 2.44. The summed E-state index contributed by atoms with van der Waals surface area (Å²) in [6, 6.07) is 7.68. The van der Waals surface area contributed by atoms with Crippen molar-refractivity contribution in [2.75, 3.05) is 26.9 Å². The number of hydrogen-bond donors (Lipinski definition) is 0. The molecule has 0 aliphatic rings. The van der Waals surface area contributed by atoms with Crippen LogP contribution < -0.4 is 4.74 Å². The topological polar surface area (TPSA) is 48.0 Å². The Bertz CT molecular complexity index is 430. The third kappa shape index (κ3) is 5.36. The summed E-state index contributed by atoms with van der Waals surface area (Å²) in [5, 5.41) is 0. The highest BCUT2D eigenvalue weighted by atomic mass is 16.7. The molecular formula is C16H25NO4. The highest BCUT2D eigenvalue weighted by Gasteiger charge is 2.24. The maximum Gasteiger partial charge on any atom is 0.279 e. The second kappa shape index (κ2) is 9.37. The van der Waals surface area contributed by atoms with Gasteiger partial charge in [0.25, 0.3) is 5.91 Å². The van der Waals surface area contributed by atoms with E-state index in [0.29, 0.717) is 26.3 Å². The van der Waals surface area contributed by atoms with E-state index in [-0.39, 0.29) is 5.91 Å². The van der Waals surface area contributed by atoms with Crippen LogP contribution in [0.1, 0.15) is 26.3 Å². The lowest BCUT2D eigenvalue weighted by Gasteiger charge is -2.26. The molecule has 118 valence electrons. The fourth-order valence-electron chi connectivity index (χ4n) is 1.98. The summed E-state index contributed by atoms with van der Waals surface area (Å²) < 4.78 is 15.9. The van der Waals surface area contributed by atoms with Gasteiger partial charge in [0.15, 0.2) is 0 Å². The molecule has 0 unspecified atom stereocenters. The Morgan fingerprint density at radius 3 is 2.38 bits per heavy atom. The molecule has 5 nitrogen and oxygen atoms in total. The number of ether oxygens (including phenoxy) is 3. The number of methoxy groups -OCH3 is 1. The van der Waals surface area contributed by atoms with Crippen molar-refractivity contribution in [3.63, 3.8) is 0 Å². The first-order valence-corrected chi connectivity index (χ1v) is 7.31. The van der Waals surface area contributed by atoms with Crippen molar-refractivity contribution in [1.29, 1.82) is 0 Å². The molecule has 0 saturated heterocycles. The van der Waals surface area contributed by atoms with Crippen molar-refractivity contribution in [3.8, 4) is 5.75 Å². The Hall–Kier alpha value is -1.59. The van der Waals surface area contributed by atoms with E-state index in [9.17, 15) is 4.79 Å². The molecule has 1 aromatic rings. The van der Waals surface area contributed by atoms with E-state index >= 15 is 0 Å². The Morgan fingerprint density at radius 2 is 1.86 bits per heavy atom. The van der Waals surface area contributed by atoms with Gasteiger partial charge in [0, 0.05) is 26.3 Å². The summed E-state index contributed by atoms with van der Waals surface area (Å²) in [4.78, 5) is 14.2. The molecule has 1 aromatic carbocycles. The summed E-state index contributed by atoms with van der Waals surface area (Å²) in [6.07, 6.45) is -0.828. The molecule has 1 amide bonds. The fraction of sp³-hybridized carbons (Fsp3) is 0.562. The van der Waals surface area contributed by atoms with E-state index in [1.807, 2.05) is 45.0 Å². The summed E-state index contributed by atoms with van der Waals surface area (Å²) in [6.45, 7) is 7.60. The maximum atomic E-state index is 12.5. The van der Waals surface area contributed by atoms with Gasteiger partial charge in [0.05, 0.1) is 7.11 Å². The number of carbonyl (C=O) groups is 1. The minimum absolute atomic E-state index is 0.149. The van der Waals surface area contributed by atoms with Gasteiger partial charge in [-0.3, -0.25) is 4.79 Å². The van der Waals surface area contributed by atoms with Gasteiger partial charge in [-0.2, -0.15) is 0 Å². The largest absolute Gasteiger partial charge is 0.497 e. The minimum atomic E-state index is -0.828. The van der Waals surface area contributed by atoms with Crippen LogP contribution in [0.2, 0.25) is 0 Å². The molecule has 0 N–H and O–H groups in total. The Morgan fingerprint density at radius 1 is 1.19 bits per heavy atom. The van der Waals surface area contributed by atoms with Gasteiger partial charge in [-0.25, -0.2) is 0 Å². The monoisotopic (exact) mass is 295 g/mol. The molecule has 0 radical (unpaired) electrons. The lowest BCUT2D eigenvalue weighted by Crippen LogP contribution is -2.41. The van der Waals surface area contributed by atoms with Crippen LogP contribution in [0.3, 0.4) is 0 Å². The second-order valence-electron chi connectivity index (χ2n) is 4.45. The van der Waals surface area contributed by atoms with Crippen molar-refractivity contribution in [2.24, 2.45) is 0 Å². The third-order valence-electron chi connectivity index (χ3n) is 3.04. The number of carbonyl (C=O) groups excluding carboxylic acids is 1. The molecule has 0 aliphatic heterocycles. The summed E-state index contributed by atoms with van der Waals surface area (Å²) in [7, 11) is 1.63. The molecule has 0 bridgehead atoms. The summed E-state index contributed by atoms with van der Waals surface area (Å²) >= 11 is 0. The zero-order valence-corrected chi connectivity index (χ0v) is 13.3. The molecule has 1 rings (SSSR count). The van der Waals surface area contributed by atoms with Crippen molar-refractivity contribution < 1.29 is 19.0 Å². The van der Waals surface area contributed by atoms with E-state index in [4.69, 9.17) is 14.2 Å². The zero-order valence-electron chi connectivity index (χ0n) is 13.3. The van der Waals surface area contributed by atoms with Crippen molar-refractivity contribution in [1.82, 2.24) is 4.90 Å². The molecule has 0 saturated carbocycles. The summed E-state index contributed by atoms with van der Waals surface area (Å²) in [5.74, 6) is 0.631. The smallest absolute Gasteiger partial charge is 0.279 e. The number of rotatable bonds is 9. The van der Waals surface area contributed by atoms with Crippen LogP contribution in [0.5, 0.6) is 5.75 Å². The number of amides is 1. The zero-order chi connectivity index (χ0) is 15.7. The van der Waals surface area contributed by atoms with Crippen molar-refractivity contribution in [2.45, 2.75) is 33.6 Å². The second-order valence-corrected chi connectivity index (χ2v) is 4.45. The fourth-order valence-corrected chi connectivity index (χ4v) is 1.98. The van der Waals surface area contributed by atoms with Crippen LogP contribution in [0.4, 0.5) is 0 Å². The molecule has 5 heteroatoms. The quantitative estimate of drug-likeness (QED) is 0.657. The van der Waals surface area contributed by atoms with Crippen molar-refractivity contribution in [3.05, 3.63) is 29.8 Å². The standard InChI is InChI=1S/C16H25NO4/c1-5-17(15(18)16(20-6-2)21-7-3)12-13-9-8-10-14(11-13)19-4/h8-11,16H,5-7,12H2,1-4H3. The predicted molar refractivity (Wildman–Crippen MR) is 81.1 cm³/mol. The number of hydrogen-bond acceptors (Lipinski definition) is 4. The average molecular weight is 295 g/mol. The normalized spacial score (nSPS) is 10.7. The lowest BCUT2D eigenvalue weighted by molar-refractivity contribution is -0.181. The van der Waals surface area contributed by atoms with Crippen molar-refractivity contribution >= 4 is 5.91 Å². The molecular weight excluding hydrogens is 270 g/mol. The average Bonchev–Trinajstić information content (AvgIpc) is 2.52. The van der Waals surface area contributed by atoms with Gasteiger partial charge < -0.3 is 19.1 Å². The maximum absolute atomic E-state index is 12.5. The number of benzene rings is 1. The first kappa shape index (κ1) is 17.5. The Kier molecular flexibility index (Phi) is 7.79. The SMILES string of the molecule is CCOC(OCC)C(=O)N(CC)Cc1cccc(OC)c1. The molecule has 0 fully saturated rings. The van der Waals surface area contributed by atoms with E-state index < -0.39 is 6.29 Å². The van der Waals surface area contributed by atoms with Gasteiger partial charge in [0.1, 0.15) is 5.75 Å². The Balaban J connectivity index is 2.78. The summed E-state index contributed by atoms with van der Waals surface area (Å²) in [5.41, 5.74) is 1.01. The van der Waals surface area contributed by atoms with Crippen LogP contribution in [0, 0.1) is 0 Å². The molecule has 0 aliphatic carbocycles. The van der Waals surface area contributed by atoms with Gasteiger partial charge in [-0.05, 0) is 38.5 Å². The molecule has 0 spiro atoms. The van der Waals surface area contributed by atoms with Crippen LogP contribution in [-0.2, 0) is 20.8 Å². The minimum Gasteiger partial charge on any atom is -0.497 e. The van der Waals surface area contributed by atoms with Gasteiger partial charge >= 0.3 is 0 Å². The van der Waals surface area contributed by atoms with E-state index in [2.05, 4.69) is 0 Å². The first-order valence-electron chi connectivity index (χ1n) is 7.31. The van der Waals surface area contributed by atoms with Crippen LogP contribution in [0.25, 0.3) is 0 Å². The number of nitrogens with zero attached hydrogens (tertiary/aromatic N) is 1. The highest BCUT2D eigenvalue weighted by molar-refractivity contribution is 5.79.